The Kier molecular flexibility index (Phi) is 7.14. The number of aromatic nitrogens is 2. The Morgan fingerprint density at radius 1 is 1.16 bits per heavy atom. The van der Waals surface area contributed by atoms with Gasteiger partial charge in [-0.2, -0.15) is 0 Å². The van der Waals surface area contributed by atoms with Crippen molar-refractivity contribution < 1.29 is 10.2 Å². The zero-order valence-electron chi connectivity index (χ0n) is 11.8. The van der Waals surface area contributed by atoms with Gasteiger partial charge in [-0.15, -0.1) is 0 Å². The lowest BCUT2D eigenvalue weighted by atomic mass is 10.1. The third-order valence-electron chi connectivity index (χ3n) is 2.81. The minimum absolute atomic E-state index is 0.0338. The zero-order chi connectivity index (χ0) is 14.1. The highest BCUT2D eigenvalue weighted by molar-refractivity contribution is 5.58. The number of anilines is 2. The van der Waals surface area contributed by atoms with E-state index >= 15 is 0 Å². The maximum Gasteiger partial charge on any atom is 0.137 e. The summed E-state index contributed by atoms with van der Waals surface area (Å²) in [5.41, 5.74) is 1.05. The second kappa shape index (κ2) is 8.66. The lowest BCUT2D eigenvalue weighted by Gasteiger charge is -2.25. The van der Waals surface area contributed by atoms with Gasteiger partial charge < -0.3 is 20.4 Å². The number of aliphatic hydroxyl groups is 2. The van der Waals surface area contributed by atoms with Gasteiger partial charge in [-0.1, -0.05) is 13.3 Å². The first-order valence-corrected chi connectivity index (χ1v) is 6.82. The molecule has 0 bridgehead atoms. The van der Waals surface area contributed by atoms with E-state index in [-0.39, 0.29) is 13.2 Å². The molecule has 6 heteroatoms. The molecule has 0 radical (unpaired) electrons. The summed E-state index contributed by atoms with van der Waals surface area (Å²) in [6.07, 6.45) is 3.38. The average Bonchev–Trinajstić information content (AvgIpc) is 2.41. The minimum Gasteiger partial charge on any atom is -0.395 e. The van der Waals surface area contributed by atoms with Crippen molar-refractivity contribution in [2.45, 2.75) is 26.7 Å². The van der Waals surface area contributed by atoms with Crippen molar-refractivity contribution in [2.24, 2.45) is 0 Å². The summed E-state index contributed by atoms with van der Waals surface area (Å²) in [7, 11) is 0. The van der Waals surface area contributed by atoms with Crippen LogP contribution in [0.2, 0.25) is 0 Å². The topological polar surface area (TPSA) is 81.5 Å². The van der Waals surface area contributed by atoms with Crippen LogP contribution in [0.5, 0.6) is 0 Å². The lowest BCUT2D eigenvalue weighted by Crippen LogP contribution is -2.31. The molecular formula is C13H24N4O2. The molecule has 1 rings (SSSR count). The number of nitrogens with zero attached hydrogens (tertiary/aromatic N) is 3. The second-order valence-corrected chi connectivity index (χ2v) is 4.24. The van der Waals surface area contributed by atoms with Crippen LogP contribution in [0, 0.1) is 0 Å². The van der Waals surface area contributed by atoms with Gasteiger partial charge in [0.15, 0.2) is 0 Å². The van der Waals surface area contributed by atoms with Crippen LogP contribution in [0.25, 0.3) is 0 Å². The van der Waals surface area contributed by atoms with Crippen LogP contribution < -0.4 is 10.2 Å². The standard InChI is InChI=1S/C13H24N4O2/c1-3-5-11-12(14-4-2)15-10-16-13(11)17(6-8-18)7-9-19/h10,18-19H,3-9H2,1-2H3,(H,14,15,16). The van der Waals surface area contributed by atoms with Crippen molar-refractivity contribution in [3.8, 4) is 0 Å². The molecule has 1 aromatic rings. The largest absolute Gasteiger partial charge is 0.395 e. The van der Waals surface area contributed by atoms with E-state index in [9.17, 15) is 0 Å². The van der Waals surface area contributed by atoms with E-state index in [1.165, 1.54) is 6.33 Å². The minimum atomic E-state index is 0.0338. The first-order valence-electron chi connectivity index (χ1n) is 6.82. The number of nitrogens with one attached hydrogen (secondary N) is 1. The molecule has 0 spiro atoms. The molecule has 1 heterocycles. The third-order valence-corrected chi connectivity index (χ3v) is 2.81. The zero-order valence-corrected chi connectivity index (χ0v) is 11.8. The molecule has 0 fully saturated rings. The Labute approximate surface area is 114 Å². The molecule has 0 aliphatic carbocycles. The van der Waals surface area contributed by atoms with E-state index in [2.05, 4.69) is 22.2 Å². The van der Waals surface area contributed by atoms with Crippen molar-refractivity contribution in [3.05, 3.63) is 11.9 Å². The predicted molar refractivity (Wildman–Crippen MR) is 76.6 cm³/mol. The molecule has 108 valence electrons. The fourth-order valence-corrected chi connectivity index (χ4v) is 2.04. The fourth-order valence-electron chi connectivity index (χ4n) is 2.04. The number of aliphatic hydroxyl groups excluding tert-OH is 2. The molecule has 0 amide bonds. The summed E-state index contributed by atoms with van der Waals surface area (Å²) < 4.78 is 0. The summed E-state index contributed by atoms with van der Waals surface area (Å²) in [6, 6.07) is 0. The van der Waals surface area contributed by atoms with E-state index < -0.39 is 0 Å². The van der Waals surface area contributed by atoms with Gasteiger partial charge in [-0.05, 0) is 13.3 Å². The first kappa shape index (κ1) is 15.7. The number of hydrogen-bond donors (Lipinski definition) is 3. The van der Waals surface area contributed by atoms with E-state index in [0.29, 0.717) is 13.1 Å². The van der Waals surface area contributed by atoms with Crippen molar-refractivity contribution in [2.75, 3.05) is 43.1 Å². The van der Waals surface area contributed by atoms with Gasteiger partial charge >= 0.3 is 0 Å². The molecule has 0 unspecified atom stereocenters. The Morgan fingerprint density at radius 2 is 1.84 bits per heavy atom. The number of rotatable bonds is 9. The van der Waals surface area contributed by atoms with Gasteiger partial charge in [-0.3, -0.25) is 0 Å². The molecular weight excluding hydrogens is 244 g/mol. The fraction of sp³-hybridized carbons (Fsp3) is 0.692. The van der Waals surface area contributed by atoms with Gasteiger partial charge in [0.2, 0.25) is 0 Å². The van der Waals surface area contributed by atoms with Crippen LogP contribution in [0.4, 0.5) is 11.6 Å². The van der Waals surface area contributed by atoms with Gasteiger partial charge in [0.25, 0.3) is 0 Å². The summed E-state index contributed by atoms with van der Waals surface area (Å²) in [4.78, 5) is 10.5. The van der Waals surface area contributed by atoms with Crippen molar-refractivity contribution in [3.63, 3.8) is 0 Å². The Morgan fingerprint density at radius 3 is 2.37 bits per heavy atom. The SMILES string of the molecule is CCCc1c(NCC)ncnc1N(CCO)CCO. The van der Waals surface area contributed by atoms with E-state index in [1.54, 1.807) is 0 Å². The van der Waals surface area contributed by atoms with Gasteiger partial charge in [-0.25, -0.2) is 9.97 Å². The summed E-state index contributed by atoms with van der Waals surface area (Å²) in [6.45, 7) is 5.91. The molecule has 0 saturated carbocycles. The maximum absolute atomic E-state index is 9.14. The molecule has 0 saturated heterocycles. The Balaban J connectivity index is 3.10. The third kappa shape index (κ3) is 4.33. The van der Waals surface area contributed by atoms with Crippen LogP contribution in [0.3, 0.4) is 0 Å². The van der Waals surface area contributed by atoms with Gasteiger partial charge in [0.1, 0.15) is 18.0 Å². The van der Waals surface area contributed by atoms with Crippen LogP contribution in [0.15, 0.2) is 6.33 Å². The average molecular weight is 268 g/mol. The smallest absolute Gasteiger partial charge is 0.137 e. The highest BCUT2D eigenvalue weighted by Crippen LogP contribution is 2.24. The van der Waals surface area contributed by atoms with E-state index in [0.717, 1.165) is 36.6 Å². The highest BCUT2D eigenvalue weighted by Gasteiger charge is 2.15. The molecule has 19 heavy (non-hydrogen) atoms. The van der Waals surface area contributed by atoms with Crippen LogP contribution in [-0.2, 0) is 6.42 Å². The summed E-state index contributed by atoms with van der Waals surface area (Å²) in [5.74, 6) is 1.64. The van der Waals surface area contributed by atoms with Gasteiger partial charge in [0, 0.05) is 25.2 Å². The molecule has 1 aromatic heterocycles. The Hall–Kier alpha value is -1.40. The molecule has 0 atom stereocenters. The molecule has 0 aliphatic rings. The lowest BCUT2D eigenvalue weighted by molar-refractivity contribution is 0.280. The monoisotopic (exact) mass is 268 g/mol. The van der Waals surface area contributed by atoms with Crippen molar-refractivity contribution >= 4 is 11.6 Å². The highest BCUT2D eigenvalue weighted by atomic mass is 16.3. The quantitative estimate of drug-likeness (QED) is 0.610. The molecule has 0 aliphatic heterocycles. The van der Waals surface area contributed by atoms with Gasteiger partial charge in [0.05, 0.1) is 13.2 Å². The summed E-state index contributed by atoms with van der Waals surface area (Å²) in [5, 5.41) is 21.5. The van der Waals surface area contributed by atoms with Crippen LogP contribution in [0.1, 0.15) is 25.8 Å². The first-order chi connectivity index (χ1) is 9.28. The number of hydrogen-bond acceptors (Lipinski definition) is 6. The molecule has 6 nitrogen and oxygen atoms in total. The molecule has 0 aromatic carbocycles. The predicted octanol–water partition coefficient (Wildman–Crippen LogP) is 0.652. The maximum atomic E-state index is 9.14. The normalized spacial score (nSPS) is 10.5. The summed E-state index contributed by atoms with van der Waals surface area (Å²) >= 11 is 0. The Bertz CT molecular complexity index is 368. The van der Waals surface area contributed by atoms with Crippen LogP contribution in [-0.4, -0.2) is 53.0 Å². The van der Waals surface area contributed by atoms with Crippen molar-refractivity contribution in [1.82, 2.24) is 9.97 Å². The van der Waals surface area contributed by atoms with Crippen LogP contribution >= 0.6 is 0 Å². The molecule has 3 N–H and O–H groups in total. The van der Waals surface area contributed by atoms with Crippen molar-refractivity contribution in [1.29, 1.82) is 0 Å². The van der Waals surface area contributed by atoms with E-state index in [4.69, 9.17) is 10.2 Å². The second-order valence-electron chi connectivity index (χ2n) is 4.24. The van der Waals surface area contributed by atoms with E-state index in [1.807, 2.05) is 11.8 Å².